The van der Waals surface area contributed by atoms with E-state index >= 15 is 0 Å². The molecule has 1 aromatic carbocycles. The van der Waals surface area contributed by atoms with Gasteiger partial charge in [0.2, 0.25) is 0 Å². The van der Waals surface area contributed by atoms with Crippen molar-refractivity contribution >= 4 is 12.0 Å². The lowest BCUT2D eigenvalue weighted by Gasteiger charge is -2.09. The minimum Gasteiger partial charge on any atom is -0.502 e. The number of benzene rings is 1. The molecule has 103 heavy (non-hydrogen) atoms. The normalized spacial score (nSPS) is 15.3. The van der Waals surface area contributed by atoms with Gasteiger partial charge in [-0.1, -0.05) is 117 Å². The van der Waals surface area contributed by atoms with E-state index in [1.807, 2.05) is 30.3 Å². The van der Waals surface area contributed by atoms with Crippen molar-refractivity contribution in [1.29, 1.82) is 0 Å². The van der Waals surface area contributed by atoms with Gasteiger partial charge in [0.1, 0.15) is 49.5 Å². The number of esters is 1. The van der Waals surface area contributed by atoms with E-state index < -0.39 is 36.3 Å². The molecule has 4 heterocycles. The summed E-state index contributed by atoms with van der Waals surface area (Å²) in [7, 11) is 12.0. The maximum absolute atomic E-state index is 11.9. The zero-order chi connectivity index (χ0) is 78.1. The lowest BCUT2D eigenvalue weighted by Crippen LogP contribution is -2.18. The Morgan fingerprint density at radius 2 is 0.864 bits per heavy atom. The predicted molar refractivity (Wildman–Crippen MR) is 378 cm³/mol. The van der Waals surface area contributed by atoms with E-state index in [0.717, 1.165) is 123 Å². The summed E-state index contributed by atoms with van der Waals surface area (Å²) in [6.45, 7) is 30.1. The second-order valence-electron chi connectivity index (χ2n) is 21.8. The first-order chi connectivity index (χ1) is 49.8. The molecule has 0 bridgehead atoms. The van der Waals surface area contributed by atoms with Crippen LogP contribution in [0, 0.1) is 0 Å². The number of ether oxygens (including phenoxy) is 20. The molecule has 4 saturated heterocycles. The van der Waals surface area contributed by atoms with Crippen LogP contribution in [0.25, 0.3) is 6.08 Å². The van der Waals surface area contributed by atoms with Crippen LogP contribution in [0.4, 0.5) is 39.5 Å². The average Bonchev–Trinajstić information content (AvgIpc) is 1.69. The molecule has 30 heteroatoms. The number of carbonyl (C=O) groups excluding carboxylic acids is 1. The molecule has 4 aliphatic heterocycles. The minimum atomic E-state index is -2.45. The van der Waals surface area contributed by atoms with Gasteiger partial charge in [-0.2, -0.15) is 39.5 Å². The zero-order valence-electron chi connectivity index (χ0n) is 63.4. The Morgan fingerprint density at radius 1 is 0.447 bits per heavy atom. The van der Waals surface area contributed by atoms with Crippen molar-refractivity contribution in [2.75, 3.05) is 196 Å². The second kappa shape index (κ2) is 84.0. The molecule has 4 atom stereocenters. The fraction of sp³-hybridized carbons (Fsp3) is 0.740. The van der Waals surface area contributed by atoms with Crippen LogP contribution < -0.4 is 4.74 Å². The monoisotopic (exact) mass is 1510 g/mol. The van der Waals surface area contributed by atoms with E-state index in [9.17, 15) is 44.3 Å². The van der Waals surface area contributed by atoms with E-state index in [0.29, 0.717) is 77.7 Å². The highest BCUT2D eigenvalue weighted by molar-refractivity contribution is 5.69. The molecule has 0 aromatic heterocycles. The van der Waals surface area contributed by atoms with Gasteiger partial charge < -0.3 is 94.7 Å². The maximum Gasteiger partial charge on any atom is 0.342 e. The molecule has 4 fully saturated rings. The number of rotatable bonds is 52. The van der Waals surface area contributed by atoms with Crippen LogP contribution in [-0.2, 0) is 94.8 Å². The SMILES string of the molecule is C=COCCCCOC.C=COCCOC.C=Cc1ccc(OCCCCCCCCC)cc1.CCCCCCOCC1(CC)CO1.COC(F)=C(F)F.COCC1CO1.COCCCC(=O)OCC1CO1.COCCCCOC(F)=C(F)F.COCCOC(F)=C(F)F.COCCOCC1CO1. The van der Waals surface area contributed by atoms with Crippen molar-refractivity contribution in [2.45, 2.75) is 160 Å². The van der Waals surface area contributed by atoms with Gasteiger partial charge in [-0.15, -0.1) is 0 Å². The Balaban J connectivity index is -0.000000351. The summed E-state index contributed by atoms with van der Waals surface area (Å²) >= 11 is 0. The third-order valence-corrected chi connectivity index (χ3v) is 12.9. The standard InChI is InChI=1S/C17H26O.C11H22O2.C8H14O4.C7H11F3O2.C7H14O2.C6H12O3.C5H7F3O2.C5H10O2.C4H8O2.C3H3F3O/c1-3-5-6-7-8-9-10-15-18-17-13-11-16(4-2)12-14-17;1-3-5-6-7-8-12-9-11(4-2)10-13-11;1-10-4-2-3-8(9)12-6-7-5-11-7;1-11-4-2-3-5-12-7(10)6(8)9;1-3-9-7-5-4-6-8-2;1-7-2-3-8-4-6-5-9-6;1-9-2-3-10-5(8)4(6)7;1-3-7-5-4-6-2;1-5-2-4-3-6-4;1-7-3(6)2(4)5/h4,11-14H,2-3,5-10,15H2,1H3;3-10H2,1-2H3;7H,2-6H2,1H3;2-5H2,1H3;3H,1,4-7H2,2H3;6H,2-5H2,1H3;2-3H2,1H3;3H,1,4-5H2,2H3;4H,2-3H2,1H3;1H3. The van der Waals surface area contributed by atoms with Gasteiger partial charge in [0, 0.05) is 82.6 Å². The van der Waals surface area contributed by atoms with Crippen molar-refractivity contribution in [3.8, 4) is 5.75 Å². The number of unbranched alkanes of at least 4 members (excludes halogenated alkanes) is 11. The Labute approximate surface area is 609 Å². The summed E-state index contributed by atoms with van der Waals surface area (Å²) in [4.78, 5) is 10.9. The van der Waals surface area contributed by atoms with Crippen molar-refractivity contribution in [2.24, 2.45) is 0 Å². The smallest absolute Gasteiger partial charge is 0.342 e. The van der Waals surface area contributed by atoms with Crippen LogP contribution in [-0.4, -0.2) is 226 Å². The molecule has 0 N–H and O–H groups in total. The van der Waals surface area contributed by atoms with Gasteiger partial charge in [-0.05, 0) is 69.1 Å². The first-order valence-corrected chi connectivity index (χ1v) is 34.7. The number of halogens is 9. The van der Waals surface area contributed by atoms with Crippen molar-refractivity contribution in [3.63, 3.8) is 0 Å². The summed E-state index contributed by atoms with van der Waals surface area (Å²) in [6, 6.07) is 2.65. The molecule has 0 aliphatic carbocycles. The third-order valence-electron chi connectivity index (χ3n) is 12.9. The molecule has 0 amide bonds. The Hall–Kier alpha value is -5.22. The van der Waals surface area contributed by atoms with Crippen LogP contribution in [0.2, 0.25) is 0 Å². The van der Waals surface area contributed by atoms with Gasteiger partial charge in [0.05, 0.1) is 112 Å². The number of methoxy groups -OCH3 is 8. The summed E-state index contributed by atoms with van der Waals surface area (Å²) < 4.78 is 197. The van der Waals surface area contributed by atoms with Crippen LogP contribution >= 0.6 is 0 Å². The van der Waals surface area contributed by atoms with Gasteiger partial charge in [0.25, 0.3) is 0 Å². The van der Waals surface area contributed by atoms with Crippen LogP contribution in [0.15, 0.2) is 92.8 Å². The highest BCUT2D eigenvalue weighted by Crippen LogP contribution is 2.30. The van der Waals surface area contributed by atoms with Gasteiger partial charge in [-0.3, -0.25) is 4.79 Å². The molecule has 0 radical (unpaired) electrons. The van der Waals surface area contributed by atoms with E-state index in [-0.39, 0.29) is 37.5 Å². The molecule has 4 aliphatic rings. The zero-order valence-corrected chi connectivity index (χ0v) is 63.4. The molecule has 5 rings (SSSR count). The average molecular weight is 1510 g/mol. The van der Waals surface area contributed by atoms with Crippen molar-refractivity contribution in [1.82, 2.24) is 0 Å². The summed E-state index contributed by atoms with van der Waals surface area (Å²) in [5, 5.41) is 0. The van der Waals surface area contributed by atoms with E-state index in [4.69, 9.17) is 66.3 Å². The molecule has 21 nitrogen and oxygen atoms in total. The summed E-state index contributed by atoms with van der Waals surface area (Å²) in [5.74, 6) is 0.800. The van der Waals surface area contributed by atoms with E-state index in [1.165, 1.54) is 91.0 Å². The quantitative estimate of drug-likeness (QED) is 0.0195. The molecule has 1 aromatic rings. The third kappa shape index (κ3) is 90.9. The first kappa shape index (κ1) is 106. The van der Waals surface area contributed by atoms with Crippen LogP contribution in [0.1, 0.15) is 142 Å². The maximum atomic E-state index is 11.9. The van der Waals surface area contributed by atoms with Gasteiger partial charge in [-0.25, -0.2) is 0 Å². The Bertz CT molecular complexity index is 2080. The first-order valence-electron chi connectivity index (χ1n) is 34.7. The van der Waals surface area contributed by atoms with Crippen molar-refractivity contribution in [3.05, 3.63) is 98.4 Å². The Morgan fingerprint density at radius 3 is 1.30 bits per heavy atom. The van der Waals surface area contributed by atoms with Gasteiger partial charge in [0.15, 0.2) is 0 Å². The molecular formula is C73H127F9O21. The number of hydrogen-bond donors (Lipinski definition) is 0. The number of carbonyl (C=O) groups is 1. The molecule has 0 spiro atoms. The molecule has 608 valence electrons. The fourth-order valence-electron chi connectivity index (χ4n) is 6.63. The van der Waals surface area contributed by atoms with E-state index in [1.54, 1.807) is 35.5 Å². The highest BCUT2D eigenvalue weighted by atomic mass is 19.3. The largest absolute Gasteiger partial charge is 0.502 e. The second-order valence-corrected chi connectivity index (χ2v) is 21.8. The summed E-state index contributed by atoms with van der Waals surface area (Å²) in [5.41, 5.74) is 1.25. The van der Waals surface area contributed by atoms with Crippen LogP contribution in [0.5, 0.6) is 5.75 Å². The van der Waals surface area contributed by atoms with Crippen LogP contribution in [0.3, 0.4) is 0 Å². The molecule has 4 unspecified atom stereocenters. The lowest BCUT2D eigenvalue weighted by molar-refractivity contribution is -0.144. The highest BCUT2D eigenvalue weighted by Gasteiger charge is 2.43. The number of hydrogen-bond acceptors (Lipinski definition) is 21. The predicted octanol–water partition coefficient (Wildman–Crippen LogP) is 16.8. The fourth-order valence-corrected chi connectivity index (χ4v) is 6.63. The topological polar surface area (TPSA) is 215 Å². The molecular weight excluding hydrogens is 1380 g/mol. The molecule has 0 saturated carbocycles. The van der Waals surface area contributed by atoms with Gasteiger partial charge >= 0.3 is 42.3 Å². The summed E-state index contributed by atoms with van der Waals surface area (Å²) in [6.07, 6.45) is 18.3. The minimum absolute atomic E-state index is 0.0491. The lowest BCUT2D eigenvalue weighted by atomic mass is 10.1. The number of epoxide rings is 4. The Kier molecular flexibility index (Phi) is 86.8. The van der Waals surface area contributed by atoms with E-state index in [2.05, 4.69) is 68.9 Å². The van der Waals surface area contributed by atoms with Crippen molar-refractivity contribution < 1.29 is 139 Å².